The summed E-state index contributed by atoms with van der Waals surface area (Å²) in [7, 11) is 1.63. The lowest BCUT2D eigenvalue weighted by molar-refractivity contribution is 0.0336. The van der Waals surface area contributed by atoms with Gasteiger partial charge in [0.05, 0.1) is 23.9 Å². The van der Waals surface area contributed by atoms with Gasteiger partial charge in [-0.05, 0) is 30.3 Å². The zero-order chi connectivity index (χ0) is 21.3. The maximum atomic E-state index is 13.4. The molecule has 154 valence electrons. The van der Waals surface area contributed by atoms with Crippen molar-refractivity contribution in [1.29, 1.82) is 0 Å². The van der Waals surface area contributed by atoms with Crippen LogP contribution < -0.4 is 10.5 Å². The van der Waals surface area contributed by atoms with Crippen LogP contribution in [0, 0.1) is 5.82 Å². The number of hydrogen-bond donors (Lipinski definition) is 0. The standard InChI is InChI=1S/C21H18ClFN4O3/c1-26-19(28)11-17(13-4-6-24-7-5-13)25-21(26)27-8-9-30-18(12-27)20(29)14-2-3-16(23)15(22)10-14/h2-7,10-11,18H,8-9,12H2,1H3. The number of Topliss-reactive ketones (excluding diaryl/α,β-unsaturated/α-hetero) is 1. The van der Waals surface area contributed by atoms with Gasteiger partial charge in [-0.3, -0.25) is 19.1 Å². The molecule has 0 saturated carbocycles. The first kappa shape index (κ1) is 20.2. The molecule has 3 heterocycles. The van der Waals surface area contributed by atoms with Crippen molar-refractivity contribution in [3.05, 3.63) is 75.5 Å². The molecule has 4 rings (SSSR count). The van der Waals surface area contributed by atoms with Crippen molar-refractivity contribution in [1.82, 2.24) is 14.5 Å². The number of carbonyl (C=O) groups is 1. The molecule has 3 aromatic rings. The van der Waals surface area contributed by atoms with Gasteiger partial charge in [0.25, 0.3) is 5.56 Å². The smallest absolute Gasteiger partial charge is 0.255 e. The van der Waals surface area contributed by atoms with E-state index < -0.39 is 11.9 Å². The third kappa shape index (κ3) is 3.96. The van der Waals surface area contributed by atoms with Crippen molar-refractivity contribution in [3.8, 4) is 11.3 Å². The number of benzene rings is 1. The normalized spacial score (nSPS) is 16.5. The quantitative estimate of drug-likeness (QED) is 0.595. The average Bonchev–Trinajstić information content (AvgIpc) is 2.77. The highest BCUT2D eigenvalue weighted by Crippen LogP contribution is 2.22. The van der Waals surface area contributed by atoms with Crippen LogP contribution in [-0.2, 0) is 11.8 Å². The van der Waals surface area contributed by atoms with Gasteiger partial charge in [0.2, 0.25) is 5.95 Å². The van der Waals surface area contributed by atoms with Gasteiger partial charge in [0.15, 0.2) is 5.78 Å². The monoisotopic (exact) mass is 428 g/mol. The Morgan fingerprint density at radius 3 is 2.73 bits per heavy atom. The number of halogens is 2. The van der Waals surface area contributed by atoms with Crippen molar-refractivity contribution in [2.75, 3.05) is 24.6 Å². The van der Waals surface area contributed by atoms with E-state index in [1.807, 2.05) is 4.90 Å². The number of rotatable bonds is 4. The number of anilines is 1. The summed E-state index contributed by atoms with van der Waals surface area (Å²) in [6, 6.07) is 8.83. The summed E-state index contributed by atoms with van der Waals surface area (Å²) in [4.78, 5) is 35.8. The van der Waals surface area contributed by atoms with Gasteiger partial charge < -0.3 is 9.64 Å². The third-order valence-corrected chi connectivity index (χ3v) is 5.22. The van der Waals surface area contributed by atoms with Gasteiger partial charge >= 0.3 is 0 Å². The van der Waals surface area contributed by atoms with Gasteiger partial charge in [-0.2, -0.15) is 0 Å². The predicted octanol–water partition coefficient (Wildman–Crippen LogP) is 2.72. The number of pyridine rings is 1. The molecule has 1 aliphatic rings. The highest BCUT2D eigenvalue weighted by atomic mass is 35.5. The Bertz CT molecular complexity index is 1150. The van der Waals surface area contributed by atoms with Crippen LogP contribution in [0.25, 0.3) is 11.3 Å². The third-order valence-electron chi connectivity index (χ3n) is 4.93. The summed E-state index contributed by atoms with van der Waals surface area (Å²) in [5.41, 5.74) is 1.34. The minimum atomic E-state index is -0.790. The van der Waals surface area contributed by atoms with E-state index in [4.69, 9.17) is 16.3 Å². The summed E-state index contributed by atoms with van der Waals surface area (Å²) in [6.07, 6.45) is 2.47. The van der Waals surface area contributed by atoms with Crippen molar-refractivity contribution < 1.29 is 13.9 Å². The first-order chi connectivity index (χ1) is 14.4. The minimum absolute atomic E-state index is 0.123. The molecule has 0 N–H and O–H groups in total. The lowest BCUT2D eigenvalue weighted by atomic mass is 10.0. The van der Waals surface area contributed by atoms with Crippen molar-refractivity contribution in [2.24, 2.45) is 7.05 Å². The summed E-state index contributed by atoms with van der Waals surface area (Å²) in [5, 5.41) is -0.123. The van der Waals surface area contributed by atoms with Crippen LogP contribution in [0.15, 0.2) is 53.6 Å². The highest BCUT2D eigenvalue weighted by molar-refractivity contribution is 6.31. The summed E-state index contributed by atoms with van der Waals surface area (Å²) >= 11 is 5.80. The van der Waals surface area contributed by atoms with E-state index in [1.165, 1.54) is 22.8 Å². The molecule has 0 radical (unpaired) electrons. The van der Waals surface area contributed by atoms with Gasteiger partial charge in [-0.1, -0.05) is 11.6 Å². The van der Waals surface area contributed by atoms with Crippen molar-refractivity contribution >= 4 is 23.3 Å². The fourth-order valence-corrected chi connectivity index (χ4v) is 3.49. The number of hydrogen-bond acceptors (Lipinski definition) is 6. The number of ether oxygens (including phenoxy) is 1. The Balaban J connectivity index is 1.63. The fourth-order valence-electron chi connectivity index (χ4n) is 3.31. The molecule has 0 aliphatic carbocycles. The number of carbonyl (C=O) groups excluding carboxylic acids is 1. The molecule has 9 heteroatoms. The zero-order valence-corrected chi connectivity index (χ0v) is 16.8. The molecule has 1 aromatic carbocycles. The van der Waals surface area contributed by atoms with E-state index >= 15 is 0 Å². The second-order valence-corrected chi connectivity index (χ2v) is 7.28. The molecular formula is C21H18ClFN4O3. The van der Waals surface area contributed by atoms with Gasteiger partial charge in [-0.25, -0.2) is 9.37 Å². The van der Waals surface area contributed by atoms with Crippen LogP contribution in [-0.4, -0.2) is 46.1 Å². The molecule has 0 amide bonds. The van der Waals surface area contributed by atoms with Crippen molar-refractivity contribution in [3.63, 3.8) is 0 Å². The minimum Gasteiger partial charge on any atom is -0.366 e. The second-order valence-electron chi connectivity index (χ2n) is 6.87. The van der Waals surface area contributed by atoms with E-state index in [9.17, 15) is 14.0 Å². The Hall–Kier alpha value is -3.10. The zero-order valence-electron chi connectivity index (χ0n) is 16.1. The van der Waals surface area contributed by atoms with Gasteiger partial charge in [-0.15, -0.1) is 0 Å². The van der Waals surface area contributed by atoms with E-state index in [1.54, 1.807) is 31.6 Å². The van der Waals surface area contributed by atoms with E-state index in [0.717, 1.165) is 11.6 Å². The van der Waals surface area contributed by atoms with E-state index in [-0.39, 0.29) is 35.1 Å². The SMILES string of the molecule is Cn1c(N2CCOC(C(=O)c3ccc(F)c(Cl)c3)C2)nc(-c2ccncc2)cc1=O. The largest absolute Gasteiger partial charge is 0.366 e. The summed E-state index contributed by atoms with van der Waals surface area (Å²) in [6.45, 7) is 0.947. The molecule has 0 bridgehead atoms. The Kier molecular flexibility index (Phi) is 5.61. The van der Waals surface area contributed by atoms with Crippen molar-refractivity contribution in [2.45, 2.75) is 6.10 Å². The fraction of sp³-hybridized carbons (Fsp3) is 0.238. The molecule has 1 aliphatic heterocycles. The van der Waals surface area contributed by atoms with Gasteiger partial charge in [0.1, 0.15) is 11.9 Å². The van der Waals surface area contributed by atoms with E-state index in [2.05, 4.69) is 9.97 Å². The first-order valence-electron chi connectivity index (χ1n) is 9.28. The summed E-state index contributed by atoms with van der Waals surface area (Å²) in [5.74, 6) is -0.462. The molecule has 1 fully saturated rings. The molecule has 7 nitrogen and oxygen atoms in total. The molecule has 1 saturated heterocycles. The second kappa shape index (κ2) is 8.33. The Morgan fingerprint density at radius 2 is 2.00 bits per heavy atom. The van der Waals surface area contributed by atoms with E-state index in [0.29, 0.717) is 18.2 Å². The Morgan fingerprint density at radius 1 is 1.23 bits per heavy atom. The van der Waals surface area contributed by atoms with Crippen LogP contribution in [0.1, 0.15) is 10.4 Å². The number of aromatic nitrogens is 3. The van der Waals surface area contributed by atoms with Crippen LogP contribution >= 0.6 is 11.6 Å². The maximum absolute atomic E-state index is 13.4. The predicted molar refractivity (Wildman–Crippen MR) is 110 cm³/mol. The number of nitrogens with zero attached hydrogens (tertiary/aromatic N) is 4. The first-order valence-corrected chi connectivity index (χ1v) is 9.66. The van der Waals surface area contributed by atoms with Crippen LogP contribution in [0.3, 0.4) is 0 Å². The Labute approximate surface area is 176 Å². The lowest BCUT2D eigenvalue weighted by Gasteiger charge is -2.33. The van der Waals surface area contributed by atoms with Crippen LogP contribution in [0.2, 0.25) is 5.02 Å². The van der Waals surface area contributed by atoms with Crippen LogP contribution in [0.5, 0.6) is 0 Å². The molecule has 30 heavy (non-hydrogen) atoms. The summed E-state index contributed by atoms with van der Waals surface area (Å²) < 4.78 is 20.5. The molecular weight excluding hydrogens is 411 g/mol. The molecule has 2 aromatic heterocycles. The molecule has 1 unspecified atom stereocenters. The maximum Gasteiger partial charge on any atom is 0.255 e. The average molecular weight is 429 g/mol. The van der Waals surface area contributed by atoms with Gasteiger partial charge in [0, 0.05) is 43.2 Å². The topological polar surface area (TPSA) is 77.3 Å². The highest BCUT2D eigenvalue weighted by Gasteiger charge is 2.30. The van der Waals surface area contributed by atoms with Crippen LogP contribution in [0.4, 0.5) is 10.3 Å². The molecule has 1 atom stereocenters. The lowest BCUT2D eigenvalue weighted by Crippen LogP contribution is -2.48. The number of morpholine rings is 1. The molecule has 0 spiro atoms. The number of ketones is 1.